The number of aromatic nitrogens is 4. The quantitative estimate of drug-likeness (QED) is 0.489. The largest absolute Gasteiger partial charge is 0.479 e. The second-order valence-electron chi connectivity index (χ2n) is 10.3. The lowest BCUT2D eigenvalue weighted by molar-refractivity contribution is 0.315. The molecular weight excluding hydrogens is 497 g/mol. The molecule has 0 amide bonds. The number of halogens is 2. The topological polar surface area (TPSA) is 109 Å². The highest BCUT2D eigenvalue weighted by atomic mass is 35.5. The number of hydrogen-bond acceptors (Lipinski definition) is 10. The third kappa shape index (κ3) is 4.69. The summed E-state index contributed by atoms with van der Waals surface area (Å²) < 4.78 is 19.8. The van der Waals surface area contributed by atoms with Crippen molar-refractivity contribution in [1.82, 2.24) is 24.8 Å². The predicted octanol–water partition coefficient (Wildman–Crippen LogP) is 3.96. The smallest absolute Gasteiger partial charge is 0.239 e. The van der Waals surface area contributed by atoms with E-state index in [0.717, 1.165) is 30.8 Å². The second-order valence-corrected chi connectivity index (χ2v) is 10.7. The van der Waals surface area contributed by atoms with Crippen LogP contribution in [0.1, 0.15) is 25.8 Å². The summed E-state index contributed by atoms with van der Waals surface area (Å²) in [6, 6.07) is 5.33. The molecule has 10 nitrogen and oxygen atoms in total. The van der Waals surface area contributed by atoms with Crippen LogP contribution in [-0.2, 0) is 5.41 Å². The van der Waals surface area contributed by atoms with Crippen molar-refractivity contribution in [3.63, 3.8) is 0 Å². The lowest BCUT2D eigenvalue weighted by Crippen LogP contribution is -2.32. The van der Waals surface area contributed by atoms with Crippen molar-refractivity contribution in [2.24, 2.45) is 0 Å². The number of nitrogens with one attached hydrogen (secondary N) is 1. The molecule has 37 heavy (non-hydrogen) atoms. The van der Waals surface area contributed by atoms with Crippen molar-refractivity contribution in [2.75, 3.05) is 61.7 Å². The SMILES string of the molecule is COc1nc(N2CC[C@@H](N(C)C)C2)c(N)cc1Nc1ncnc(N2CC(C)(C)c3cc(F)c(Cl)cc32)n1. The van der Waals surface area contributed by atoms with E-state index in [1.165, 1.54) is 12.4 Å². The third-order valence-corrected chi connectivity index (χ3v) is 7.33. The Balaban J connectivity index is 1.42. The molecule has 4 heterocycles. The van der Waals surface area contributed by atoms with Crippen LogP contribution in [0.15, 0.2) is 24.5 Å². The Morgan fingerprint density at radius 3 is 2.70 bits per heavy atom. The number of rotatable bonds is 6. The van der Waals surface area contributed by atoms with Crippen LogP contribution in [0.4, 0.5) is 39.2 Å². The van der Waals surface area contributed by atoms with Crippen LogP contribution < -0.4 is 25.6 Å². The summed E-state index contributed by atoms with van der Waals surface area (Å²) >= 11 is 6.10. The van der Waals surface area contributed by atoms with Gasteiger partial charge in [0, 0.05) is 36.8 Å². The van der Waals surface area contributed by atoms with Crippen LogP contribution in [0.5, 0.6) is 5.88 Å². The minimum Gasteiger partial charge on any atom is -0.479 e. The Morgan fingerprint density at radius 1 is 1.22 bits per heavy atom. The summed E-state index contributed by atoms with van der Waals surface area (Å²) in [6.45, 7) is 6.36. The van der Waals surface area contributed by atoms with Gasteiger partial charge in [-0.1, -0.05) is 25.4 Å². The van der Waals surface area contributed by atoms with Crippen LogP contribution in [0.25, 0.3) is 0 Å². The maximum Gasteiger partial charge on any atom is 0.239 e. The Bertz CT molecular complexity index is 1340. The highest BCUT2D eigenvalue weighted by molar-refractivity contribution is 6.31. The molecule has 0 saturated carbocycles. The van der Waals surface area contributed by atoms with E-state index in [0.29, 0.717) is 47.6 Å². The number of likely N-dealkylation sites (N-methyl/N-ethyl adjacent to an activating group) is 1. The Hall–Kier alpha value is -3.44. The van der Waals surface area contributed by atoms with Gasteiger partial charge in [0.25, 0.3) is 0 Å². The summed E-state index contributed by atoms with van der Waals surface area (Å²) in [5, 5.41) is 3.22. The highest BCUT2D eigenvalue weighted by Gasteiger charge is 2.38. The monoisotopic (exact) mass is 527 g/mol. The molecule has 0 radical (unpaired) electrons. The van der Waals surface area contributed by atoms with Gasteiger partial charge in [0.05, 0.1) is 17.8 Å². The number of fused-ring (bicyclic) bond motifs is 1. The number of anilines is 6. The van der Waals surface area contributed by atoms with Gasteiger partial charge in [-0.15, -0.1) is 0 Å². The van der Waals surface area contributed by atoms with Crippen molar-refractivity contribution in [1.29, 1.82) is 0 Å². The summed E-state index contributed by atoms with van der Waals surface area (Å²) in [5.41, 5.74) is 8.78. The molecule has 1 atom stereocenters. The van der Waals surface area contributed by atoms with Crippen LogP contribution in [0.2, 0.25) is 5.02 Å². The van der Waals surface area contributed by atoms with Gasteiger partial charge in [-0.25, -0.2) is 14.4 Å². The molecule has 3 aromatic rings. The van der Waals surface area contributed by atoms with Crippen molar-refractivity contribution in [3.05, 3.63) is 40.9 Å². The van der Waals surface area contributed by atoms with Gasteiger partial charge < -0.3 is 30.5 Å². The Morgan fingerprint density at radius 2 is 2.00 bits per heavy atom. The zero-order valence-corrected chi connectivity index (χ0v) is 22.3. The summed E-state index contributed by atoms with van der Waals surface area (Å²) in [4.78, 5) is 24.3. The molecule has 0 spiro atoms. The summed E-state index contributed by atoms with van der Waals surface area (Å²) in [6.07, 6.45) is 2.46. The first kappa shape index (κ1) is 25.2. The van der Waals surface area contributed by atoms with Crippen molar-refractivity contribution < 1.29 is 9.13 Å². The number of methoxy groups -OCH3 is 1. The number of hydrogen-bond donors (Lipinski definition) is 2. The summed E-state index contributed by atoms with van der Waals surface area (Å²) in [7, 11) is 5.72. The third-order valence-electron chi connectivity index (χ3n) is 7.04. The molecule has 5 rings (SSSR count). The molecule has 1 saturated heterocycles. The molecule has 12 heteroatoms. The van der Waals surface area contributed by atoms with Crippen LogP contribution in [-0.4, -0.2) is 71.7 Å². The lowest BCUT2D eigenvalue weighted by Gasteiger charge is -2.23. The number of benzene rings is 1. The average Bonchev–Trinajstić information content (AvgIpc) is 3.43. The first-order valence-electron chi connectivity index (χ1n) is 12.1. The van der Waals surface area contributed by atoms with E-state index in [2.05, 4.69) is 44.2 Å². The Kier molecular flexibility index (Phi) is 6.45. The van der Waals surface area contributed by atoms with Crippen LogP contribution in [0, 0.1) is 5.82 Å². The van der Waals surface area contributed by atoms with Gasteiger partial charge in [0.15, 0.2) is 5.82 Å². The first-order chi connectivity index (χ1) is 17.6. The first-order valence-corrected chi connectivity index (χ1v) is 12.4. The van der Waals surface area contributed by atoms with Gasteiger partial charge in [-0.3, -0.25) is 0 Å². The van der Waals surface area contributed by atoms with Crippen molar-refractivity contribution in [3.8, 4) is 5.88 Å². The van der Waals surface area contributed by atoms with E-state index in [9.17, 15) is 4.39 Å². The molecule has 2 aromatic heterocycles. The number of nitrogens with two attached hydrogens (primary N) is 1. The molecule has 2 aliphatic rings. The molecule has 1 aromatic carbocycles. The van der Waals surface area contributed by atoms with Crippen molar-refractivity contribution >= 4 is 46.4 Å². The van der Waals surface area contributed by atoms with E-state index in [1.54, 1.807) is 19.2 Å². The second kappa shape index (κ2) is 9.46. The fourth-order valence-electron chi connectivity index (χ4n) is 5.00. The fraction of sp³-hybridized carbons (Fsp3) is 0.440. The van der Waals surface area contributed by atoms with E-state index in [4.69, 9.17) is 27.1 Å². The van der Waals surface area contributed by atoms with Crippen LogP contribution >= 0.6 is 11.6 Å². The van der Waals surface area contributed by atoms with Gasteiger partial charge in [0.1, 0.15) is 17.8 Å². The predicted molar refractivity (Wildman–Crippen MR) is 144 cm³/mol. The average molecular weight is 528 g/mol. The molecule has 1 fully saturated rings. The zero-order chi connectivity index (χ0) is 26.5. The minimum absolute atomic E-state index is 0.0511. The molecule has 3 N–H and O–H groups in total. The Labute approximate surface area is 220 Å². The molecule has 0 bridgehead atoms. The van der Waals surface area contributed by atoms with Gasteiger partial charge >= 0.3 is 0 Å². The molecular formula is C25H31ClFN9O. The highest BCUT2D eigenvalue weighted by Crippen LogP contribution is 2.45. The summed E-state index contributed by atoms with van der Waals surface area (Å²) in [5.74, 6) is 1.35. The fourth-order valence-corrected chi connectivity index (χ4v) is 5.16. The van der Waals surface area contributed by atoms with Gasteiger partial charge in [-0.2, -0.15) is 9.97 Å². The van der Waals surface area contributed by atoms with Gasteiger partial charge in [-0.05, 0) is 44.3 Å². The van der Waals surface area contributed by atoms with E-state index in [-0.39, 0.29) is 10.4 Å². The normalized spacial score (nSPS) is 18.4. The van der Waals surface area contributed by atoms with Crippen molar-refractivity contribution in [2.45, 2.75) is 31.7 Å². The lowest BCUT2D eigenvalue weighted by atomic mass is 9.87. The minimum atomic E-state index is -0.444. The number of pyridine rings is 1. The zero-order valence-electron chi connectivity index (χ0n) is 21.6. The molecule has 0 aliphatic carbocycles. The standard InChI is InChI=1S/C25H31ClFN9O/c1-25(2)12-36(20-9-16(26)17(27)8-15(20)25)24-30-13-29-23(33-24)31-19-10-18(28)21(32-22(19)37-5)35-7-6-14(11-35)34(3)4/h8-10,13-14H,6-7,11-12,28H2,1-5H3,(H,29,30,31,33)/t14-/m1/s1. The maximum atomic E-state index is 14.2. The number of ether oxygens (including phenoxy) is 1. The van der Waals surface area contributed by atoms with Gasteiger partial charge in [0.2, 0.25) is 17.8 Å². The maximum absolute atomic E-state index is 14.2. The molecule has 0 unspecified atom stereocenters. The van der Waals surface area contributed by atoms with E-state index in [1.807, 2.05) is 18.7 Å². The van der Waals surface area contributed by atoms with E-state index >= 15 is 0 Å². The number of nitrogens with zero attached hydrogens (tertiary/aromatic N) is 7. The molecule has 196 valence electrons. The van der Waals surface area contributed by atoms with Crippen LogP contribution in [0.3, 0.4) is 0 Å². The number of nitrogen functional groups attached to an aromatic ring is 1. The van der Waals surface area contributed by atoms with E-state index < -0.39 is 5.82 Å². The molecule has 2 aliphatic heterocycles.